The molecule has 4 rings (SSSR count). The van der Waals surface area contributed by atoms with Gasteiger partial charge in [-0.1, -0.05) is 19.1 Å². The highest BCUT2D eigenvalue weighted by atomic mass is 32.2. The van der Waals surface area contributed by atoms with Crippen LogP contribution >= 0.6 is 0 Å². The number of hydrogen-bond donors (Lipinski definition) is 1. The number of benzene rings is 1. The number of sulfonamides is 1. The molecule has 3 atom stereocenters. The van der Waals surface area contributed by atoms with E-state index in [-0.39, 0.29) is 30.1 Å². The van der Waals surface area contributed by atoms with Crippen molar-refractivity contribution in [1.82, 2.24) is 19.2 Å². The smallest absolute Gasteiger partial charge is 0.247 e. The first-order chi connectivity index (χ1) is 16.8. The highest BCUT2D eigenvalue weighted by Crippen LogP contribution is 2.36. The third kappa shape index (κ3) is 5.70. The number of aliphatic hydroxyl groups excluding tert-OH is 1. The summed E-state index contributed by atoms with van der Waals surface area (Å²) in [5, 5.41) is 9.83. The van der Waals surface area contributed by atoms with Gasteiger partial charge in [0.2, 0.25) is 10.0 Å². The molecule has 1 N–H and O–H groups in total. The number of rotatable bonds is 7. The van der Waals surface area contributed by atoms with Gasteiger partial charge in [0.05, 0.1) is 12.3 Å². The minimum atomic E-state index is -3.87. The number of fused-ring (bicyclic) bond motifs is 1. The molecule has 3 heterocycles. The fraction of sp³-hybridized carbons (Fsp3) is 0.385. The second-order valence-corrected chi connectivity index (χ2v) is 11.0. The Labute approximate surface area is 207 Å². The molecule has 2 aromatic heterocycles. The Morgan fingerprint density at radius 1 is 1.14 bits per heavy atom. The zero-order valence-electron chi connectivity index (χ0n) is 20.3. The Bertz CT molecular complexity index is 1220. The summed E-state index contributed by atoms with van der Waals surface area (Å²) in [4.78, 5) is 10.7. The van der Waals surface area contributed by atoms with Crippen LogP contribution in [0.1, 0.15) is 19.5 Å². The summed E-state index contributed by atoms with van der Waals surface area (Å²) in [7, 11) is -1.87. The van der Waals surface area contributed by atoms with Gasteiger partial charge in [-0.25, -0.2) is 8.42 Å². The second kappa shape index (κ2) is 10.8. The largest absolute Gasteiger partial charge is 0.487 e. The first-order valence-corrected chi connectivity index (χ1v) is 13.2. The van der Waals surface area contributed by atoms with Crippen molar-refractivity contribution in [2.45, 2.75) is 37.4 Å². The lowest BCUT2D eigenvalue weighted by Gasteiger charge is -2.37. The Hall–Kier alpha value is -2.85. The minimum absolute atomic E-state index is 0.111. The van der Waals surface area contributed by atoms with Crippen molar-refractivity contribution in [3.63, 3.8) is 0 Å². The van der Waals surface area contributed by atoms with Crippen LogP contribution in [0.5, 0.6) is 5.75 Å². The predicted molar refractivity (Wildman–Crippen MR) is 134 cm³/mol. The van der Waals surface area contributed by atoms with Gasteiger partial charge in [0.1, 0.15) is 16.7 Å². The Morgan fingerprint density at radius 3 is 2.60 bits per heavy atom. The number of ether oxygens (including phenoxy) is 1. The lowest BCUT2D eigenvalue weighted by atomic mass is 10.0. The van der Waals surface area contributed by atoms with Crippen molar-refractivity contribution < 1.29 is 18.3 Å². The van der Waals surface area contributed by atoms with Gasteiger partial charge in [-0.05, 0) is 61.5 Å². The number of likely N-dealkylation sites (N-methyl/N-ethyl adjacent to an activating group) is 1. The van der Waals surface area contributed by atoms with Crippen LogP contribution in [0.3, 0.4) is 0 Å². The van der Waals surface area contributed by atoms with Crippen LogP contribution in [0, 0.1) is 5.92 Å². The average molecular weight is 497 g/mol. The summed E-state index contributed by atoms with van der Waals surface area (Å²) in [6.07, 6.45) is 4.89. The van der Waals surface area contributed by atoms with E-state index in [0.717, 1.165) is 16.8 Å². The van der Waals surface area contributed by atoms with Gasteiger partial charge >= 0.3 is 0 Å². The van der Waals surface area contributed by atoms with Crippen molar-refractivity contribution in [2.24, 2.45) is 5.92 Å². The van der Waals surface area contributed by atoms with E-state index in [1.165, 1.54) is 4.31 Å². The number of aromatic nitrogens is 2. The molecular weight excluding hydrogens is 464 g/mol. The van der Waals surface area contributed by atoms with Gasteiger partial charge in [0, 0.05) is 50.2 Å². The molecule has 0 bridgehead atoms. The topological polar surface area (TPSA) is 95.9 Å². The van der Waals surface area contributed by atoms with Crippen LogP contribution < -0.4 is 4.74 Å². The van der Waals surface area contributed by atoms with Gasteiger partial charge in [0.15, 0.2) is 0 Å². The zero-order chi connectivity index (χ0) is 25.0. The molecule has 1 aliphatic heterocycles. The first-order valence-electron chi connectivity index (χ1n) is 11.7. The van der Waals surface area contributed by atoms with Crippen molar-refractivity contribution in [3.8, 4) is 16.9 Å². The van der Waals surface area contributed by atoms with Crippen molar-refractivity contribution in [1.29, 1.82) is 0 Å². The fourth-order valence-corrected chi connectivity index (χ4v) is 6.13. The first kappa shape index (κ1) is 25.2. The van der Waals surface area contributed by atoms with Crippen LogP contribution in [-0.4, -0.2) is 71.6 Å². The fourth-order valence-electron chi connectivity index (χ4n) is 4.31. The van der Waals surface area contributed by atoms with Crippen LogP contribution in [0.2, 0.25) is 0 Å². The monoisotopic (exact) mass is 496 g/mol. The summed E-state index contributed by atoms with van der Waals surface area (Å²) in [6.45, 7) is 4.92. The molecular formula is C26H32N4O4S. The molecule has 1 aromatic carbocycles. The third-order valence-electron chi connectivity index (χ3n) is 6.33. The molecule has 0 aliphatic carbocycles. The van der Waals surface area contributed by atoms with Gasteiger partial charge in [0.25, 0.3) is 0 Å². The van der Waals surface area contributed by atoms with Gasteiger partial charge in [-0.3, -0.25) is 14.9 Å². The minimum Gasteiger partial charge on any atom is -0.487 e. The average Bonchev–Trinajstić information content (AvgIpc) is 2.86. The molecule has 0 saturated heterocycles. The van der Waals surface area contributed by atoms with E-state index >= 15 is 0 Å². The van der Waals surface area contributed by atoms with E-state index in [4.69, 9.17) is 4.74 Å². The summed E-state index contributed by atoms with van der Waals surface area (Å²) >= 11 is 0. The summed E-state index contributed by atoms with van der Waals surface area (Å²) < 4.78 is 35.2. The molecule has 0 unspecified atom stereocenters. The van der Waals surface area contributed by atoms with Gasteiger partial charge in [-0.15, -0.1) is 0 Å². The van der Waals surface area contributed by atoms with Gasteiger partial charge < -0.3 is 9.84 Å². The maximum Gasteiger partial charge on any atom is 0.247 e. The van der Waals surface area contributed by atoms with Crippen LogP contribution in [-0.2, 0) is 16.6 Å². The molecule has 1 aliphatic rings. The Balaban J connectivity index is 1.72. The van der Waals surface area contributed by atoms with Crippen molar-refractivity contribution in [2.75, 3.05) is 26.7 Å². The molecule has 9 heteroatoms. The highest BCUT2D eigenvalue weighted by Gasteiger charge is 2.38. The van der Waals surface area contributed by atoms with E-state index in [1.54, 1.807) is 43.7 Å². The molecule has 8 nitrogen and oxygen atoms in total. The number of pyridine rings is 2. The molecule has 0 radical (unpaired) electrons. The normalized spacial score (nSPS) is 20.9. The van der Waals surface area contributed by atoms with Crippen LogP contribution in [0.15, 0.2) is 72.0 Å². The van der Waals surface area contributed by atoms with Crippen molar-refractivity contribution >= 4 is 10.0 Å². The highest BCUT2D eigenvalue weighted by molar-refractivity contribution is 7.89. The number of aliphatic hydroxyl groups is 1. The lowest BCUT2D eigenvalue weighted by molar-refractivity contribution is 0.0731. The maximum absolute atomic E-state index is 13.6. The number of nitrogens with zero attached hydrogens (tertiary/aromatic N) is 4. The molecule has 186 valence electrons. The molecule has 0 saturated carbocycles. The van der Waals surface area contributed by atoms with E-state index in [9.17, 15) is 13.5 Å². The zero-order valence-corrected chi connectivity index (χ0v) is 21.1. The predicted octanol–water partition coefficient (Wildman–Crippen LogP) is 3.04. The Morgan fingerprint density at radius 2 is 1.91 bits per heavy atom. The van der Waals surface area contributed by atoms with Crippen LogP contribution in [0.25, 0.3) is 11.1 Å². The summed E-state index contributed by atoms with van der Waals surface area (Å²) in [5.74, 6) is 0.194. The van der Waals surface area contributed by atoms with Crippen LogP contribution in [0.4, 0.5) is 0 Å². The molecule has 3 aromatic rings. The standard InChI is InChI=1S/C26H32N4O4S/c1-19-15-30(20(2)18-31)35(32,33)26-8-7-22(21-9-12-27-13-10-21)14-24(26)34-25(19)17-29(3)16-23-6-4-5-11-28-23/h4-14,19-20,25,31H,15-18H2,1-3H3/t19-,20+,25+/m0/s1. The summed E-state index contributed by atoms with van der Waals surface area (Å²) in [5.41, 5.74) is 2.72. The quantitative estimate of drug-likeness (QED) is 0.537. The van der Waals surface area contributed by atoms with E-state index in [2.05, 4.69) is 14.9 Å². The third-order valence-corrected chi connectivity index (χ3v) is 8.35. The molecule has 0 fully saturated rings. The Kier molecular flexibility index (Phi) is 7.81. The SMILES string of the molecule is C[C@H](CO)N1C[C@H](C)[C@@H](CN(C)Cc2ccccn2)Oc2cc(-c3ccncc3)ccc2S1(=O)=O. The number of hydrogen-bond acceptors (Lipinski definition) is 7. The molecule has 0 amide bonds. The lowest BCUT2D eigenvalue weighted by Crippen LogP contribution is -2.49. The van der Waals surface area contributed by atoms with Gasteiger partial charge in [-0.2, -0.15) is 4.31 Å². The molecule has 35 heavy (non-hydrogen) atoms. The summed E-state index contributed by atoms with van der Waals surface area (Å²) in [6, 6.07) is 14.2. The molecule has 0 spiro atoms. The van der Waals surface area contributed by atoms with E-state index in [0.29, 0.717) is 18.8 Å². The second-order valence-electron chi connectivity index (χ2n) is 9.16. The van der Waals surface area contributed by atoms with E-state index in [1.807, 2.05) is 44.3 Å². The maximum atomic E-state index is 13.6. The van der Waals surface area contributed by atoms with E-state index < -0.39 is 16.1 Å². The van der Waals surface area contributed by atoms with Crippen molar-refractivity contribution in [3.05, 3.63) is 72.8 Å².